The zero-order valence-corrected chi connectivity index (χ0v) is 13.1. The van der Waals surface area contributed by atoms with Crippen LogP contribution < -0.4 is 10.6 Å². The van der Waals surface area contributed by atoms with Crippen molar-refractivity contribution in [3.8, 4) is 0 Å². The van der Waals surface area contributed by atoms with Gasteiger partial charge >= 0.3 is 6.03 Å². The maximum absolute atomic E-state index is 11.8. The highest BCUT2D eigenvalue weighted by Crippen LogP contribution is 2.23. The number of amides is 2. The Hall–Kier alpha value is -1.51. The molecule has 2 amide bonds. The first-order valence-corrected chi connectivity index (χ1v) is 8.32. The van der Waals surface area contributed by atoms with Crippen LogP contribution in [0.5, 0.6) is 0 Å². The molecule has 0 heterocycles. The lowest BCUT2D eigenvalue weighted by molar-refractivity contribution is 0.228. The van der Waals surface area contributed by atoms with E-state index in [1.807, 2.05) is 6.07 Å². The standard InChI is InChI=1S/C18H28N2O/c1-15-10-12-17(13-11-15)20-18(21)19-14-6-5-9-16-7-3-2-4-8-16/h2-4,7-8,15,17H,5-6,9-14H2,1H3,(H2,19,20,21). The van der Waals surface area contributed by atoms with Crippen LogP contribution in [0.1, 0.15) is 51.0 Å². The quantitative estimate of drug-likeness (QED) is 0.766. The largest absolute Gasteiger partial charge is 0.338 e. The molecular formula is C18H28N2O. The summed E-state index contributed by atoms with van der Waals surface area (Å²) in [5.74, 6) is 0.823. The Kier molecular flexibility index (Phi) is 6.58. The number of hydrogen-bond acceptors (Lipinski definition) is 1. The van der Waals surface area contributed by atoms with Crippen LogP contribution >= 0.6 is 0 Å². The summed E-state index contributed by atoms with van der Waals surface area (Å²) in [5, 5.41) is 6.08. The summed E-state index contributed by atoms with van der Waals surface area (Å²) in [7, 11) is 0. The highest BCUT2D eigenvalue weighted by molar-refractivity contribution is 5.74. The number of hydrogen-bond donors (Lipinski definition) is 2. The zero-order valence-electron chi connectivity index (χ0n) is 13.1. The second kappa shape index (κ2) is 8.71. The van der Waals surface area contributed by atoms with E-state index >= 15 is 0 Å². The lowest BCUT2D eigenvalue weighted by Gasteiger charge is -2.26. The van der Waals surface area contributed by atoms with Crippen LogP contribution in [0.2, 0.25) is 0 Å². The van der Waals surface area contributed by atoms with Crippen molar-refractivity contribution in [3.05, 3.63) is 35.9 Å². The van der Waals surface area contributed by atoms with Gasteiger partial charge in [0.15, 0.2) is 0 Å². The molecule has 1 aliphatic carbocycles. The van der Waals surface area contributed by atoms with E-state index in [-0.39, 0.29) is 6.03 Å². The van der Waals surface area contributed by atoms with E-state index in [1.165, 1.54) is 18.4 Å². The van der Waals surface area contributed by atoms with Crippen molar-refractivity contribution in [3.63, 3.8) is 0 Å². The number of carbonyl (C=O) groups excluding carboxylic acids is 1. The van der Waals surface area contributed by atoms with Crippen molar-refractivity contribution in [2.75, 3.05) is 6.54 Å². The van der Waals surface area contributed by atoms with Crippen LogP contribution in [0.25, 0.3) is 0 Å². The second-order valence-electron chi connectivity index (χ2n) is 6.30. The number of urea groups is 1. The molecule has 2 N–H and O–H groups in total. The van der Waals surface area contributed by atoms with Gasteiger partial charge in [-0.2, -0.15) is 0 Å². The van der Waals surface area contributed by atoms with E-state index in [2.05, 4.69) is 41.8 Å². The summed E-state index contributed by atoms with van der Waals surface area (Å²) in [6.45, 7) is 3.06. The van der Waals surface area contributed by atoms with E-state index in [9.17, 15) is 4.79 Å². The molecule has 21 heavy (non-hydrogen) atoms. The molecule has 1 aromatic carbocycles. The van der Waals surface area contributed by atoms with Gasteiger partial charge in [0.05, 0.1) is 0 Å². The number of rotatable bonds is 6. The van der Waals surface area contributed by atoms with Gasteiger partial charge in [0, 0.05) is 12.6 Å². The molecule has 1 aliphatic rings. The third kappa shape index (κ3) is 6.19. The number of carbonyl (C=O) groups is 1. The van der Waals surface area contributed by atoms with Crippen molar-refractivity contribution >= 4 is 6.03 Å². The third-order valence-electron chi connectivity index (χ3n) is 4.37. The molecule has 0 radical (unpaired) electrons. The highest BCUT2D eigenvalue weighted by Gasteiger charge is 2.19. The van der Waals surface area contributed by atoms with Gasteiger partial charge in [0.25, 0.3) is 0 Å². The van der Waals surface area contributed by atoms with Gasteiger partial charge in [-0.3, -0.25) is 0 Å². The molecule has 0 aromatic heterocycles. The first-order chi connectivity index (χ1) is 10.2. The van der Waals surface area contributed by atoms with Crippen molar-refractivity contribution in [1.82, 2.24) is 10.6 Å². The predicted molar refractivity (Wildman–Crippen MR) is 87.3 cm³/mol. The summed E-state index contributed by atoms with van der Waals surface area (Å²) in [4.78, 5) is 11.8. The molecule has 3 nitrogen and oxygen atoms in total. The first-order valence-electron chi connectivity index (χ1n) is 8.32. The molecule has 0 bridgehead atoms. The Morgan fingerprint density at radius 2 is 1.81 bits per heavy atom. The van der Waals surface area contributed by atoms with Gasteiger partial charge < -0.3 is 10.6 Å². The molecule has 116 valence electrons. The Balaban J connectivity index is 1.51. The van der Waals surface area contributed by atoms with Gasteiger partial charge in [0.1, 0.15) is 0 Å². The van der Waals surface area contributed by atoms with Crippen LogP contribution in [-0.2, 0) is 6.42 Å². The highest BCUT2D eigenvalue weighted by atomic mass is 16.2. The molecule has 1 fully saturated rings. The molecule has 0 aliphatic heterocycles. The Labute approximate surface area is 128 Å². The molecule has 2 rings (SSSR count). The van der Waals surface area contributed by atoms with E-state index in [4.69, 9.17) is 0 Å². The maximum Gasteiger partial charge on any atom is 0.315 e. The van der Waals surface area contributed by atoms with Gasteiger partial charge in [-0.05, 0) is 56.4 Å². The molecule has 1 aromatic rings. The second-order valence-corrected chi connectivity index (χ2v) is 6.30. The smallest absolute Gasteiger partial charge is 0.315 e. The van der Waals surface area contributed by atoms with Crippen molar-refractivity contribution in [2.24, 2.45) is 5.92 Å². The Bertz CT molecular complexity index is 410. The van der Waals surface area contributed by atoms with Crippen molar-refractivity contribution < 1.29 is 4.79 Å². The molecule has 0 spiro atoms. The van der Waals surface area contributed by atoms with Crippen LogP contribution in [0.3, 0.4) is 0 Å². The summed E-state index contributed by atoms with van der Waals surface area (Å²) in [6.07, 6.45) is 7.97. The average Bonchev–Trinajstić information content (AvgIpc) is 2.50. The number of benzene rings is 1. The molecule has 3 heteroatoms. The number of aryl methyl sites for hydroxylation is 1. The van der Waals surface area contributed by atoms with Crippen molar-refractivity contribution in [1.29, 1.82) is 0 Å². The molecule has 0 atom stereocenters. The van der Waals surface area contributed by atoms with Crippen LogP contribution in [-0.4, -0.2) is 18.6 Å². The third-order valence-corrected chi connectivity index (χ3v) is 4.37. The normalized spacial score (nSPS) is 21.8. The van der Waals surface area contributed by atoms with E-state index < -0.39 is 0 Å². The lowest BCUT2D eigenvalue weighted by atomic mass is 9.87. The predicted octanol–water partition coefficient (Wildman–Crippen LogP) is 3.89. The van der Waals surface area contributed by atoms with E-state index in [0.29, 0.717) is 6.04 Å². The molecule has 0 unspecified atom stereocenters. The van der Waals surface area contributed by atoms with Gasteiger partial charge in [-0.25, -0.2) is 4.79 Å². The van der Waals surface area contributed by atoms with E-state index in [0.717, 1.165) is 44.6 Å². The fraction of sp³-hybridized carbons (Fsp3) is 0.611. The summed E-state index contributed by atoms with van der Waals surface area (Å²) in [6, 6.07) is 10.9. The maximum atomic E-state index is 11.8. The fourth-order valence-electron chi connectivity index (χ4n) is 2.94. The van der Waals surface area contributed by atoms with Crippen LogP contribution in [0.15, 0.2) is 30.3 Å². The lowest BCUT2D eigenvalue weighted by Crippen LogP contribution is -2.43. The Morgan fingerprint density at radius 3 is 2.52 bits per heavy atom. The molecule has 1 saturated carbocycles. The minimum atomic E-state index is 0.00858. The fourth-order valence-corrected chi connectivity index (χ4v) is 2.94. The average molecular weight is 288 g/mol. The summed E-state index contributed by atoms with van der Waals surface area (Å²) >= 11 is 0. The van der Waals surface area contributed by atoms with Crippen LogP contribution in [0, 0.1) is 5.92 Å². The number of unbranched alkanes of at least 4 members (excludes halogenated alkanes) is 1. The van der Waals surface area contributed by atoms with Gasteiger partial charge in [-0.15, -0.1) is 0 Å². The number of nitrogens with one attached hydrogen (secondary N) is 2. The molecule has 0 saturated heterocycles. The topological polar surface area (TPSA) is 41.1 Å². The monoisotopic (exact) mass is 288 g/mol. The summed E-state index contributed by atoms with van der Waals surface area (Å²) < 4.78 is 0. The van der Waals surface area contributed by atoms with Gasteiger partial charge in [0.2, 0.25) is 0 Å². The van der Waals surface area contributed by atoms with Crippen LogP contribution in [0.4, 0.5) is 4.79 Å². The Morgan fingerprint density at radius 1 is 1.10 bits per heavy atom. The molecular weight excluding hydrogens is 260 g/mol. The SMILES string of the molecule is CC1CCC(NC(=O)NCCCCc2ccccc2)CC1. The minimum absolute atomic E-state index is 0.00858. The summed E-state index contributed by atoms with van der Waals surface area (Å²) in [5.41, 5.74) is 1.37. The first kappa shape index (κ1) is 15.9. The van der Waals surface area contributed by atoms with Crippen molar-refractivity contribution in [2.45, 2.75) is 57.9 Å². The van der Waals surface area contributed by atoms with Gasteiger partial charge in [-0.1, -0.05) is 37.3 Å². The van der Waals surface area contributed by atoms with E-state index in [1.54, 1.807) is 0 Å². The minimum Gasteiger partial charge on any atom is -0.338 e. The zero-order chi connectivity index (χ0) is 14.9.